The maximum atomic E-state index is 10.7. The van der Waals surface area contributed by atoms with Gasteiger partial charge in [-0.15, -0.1) is 0 Å². The molecule has 0 aliphatic heterocycles. The van der Waals surface area contributed by atoms with Crippen molar-refractivity contribution in [1.82, 2.24) is 0 Å². The molecular formula is C10H18O2. The number of carbonyl (C=O) groups is 1. The Labute approximate surface area is 74.0 Å². The second-order valence-corrected chi connectivity index (χ2v) is 4.21. The van der Waals surface area contributed by atoms with Crippen molar-refractivity contribution in [3.63, 3.8) is 0 Å². The van der Waals surface area contributed by atoms with Crippen molar-refractivity contribution >= 4 is 5.97 Å². The molecule has 0 radical (unpaired) electrons. The topological polar surface area (TPSA) is 37.3 Å². The van der Waals surface area contributed by atoms with Gasteiger partial charge in [0.05, 0.1) is 5.92 Å². The van der Waals surface area contributed by atoms with Crippen LogP contribution in [0.2, 0.25) is 0 Å². The lowest BCUT2D eigenvalue weighted by atomic mass is 9.76. The van der Waals surface area contributed by atoms with Crippen LogP contribution in [-0.2, 0) is 4.79 Å². The van der Waals surface area contributed by atoms with E-state index in [2.05, 4.69) is 13.8 Å². The number of rotatable bonds is 2. The quantitative estimate of drug-likeness (QED) is 0.691. The minimum atomic E-state index is -0.597. The Balaban J connectivity index is 2.46. The van der Waals surface area contributed by atoms with Crippen LogP contribution in [0.3, 0.4) is 0 Å². The normalized spacial score (nSPS) is 30.6. The van der Waals surface area contributed by atoms with Crippen LogP contribution in [0, 0.1) is 17.8 Å². The van der Waals surface area contributed by atoms with E-state index in [0.29, 0.717) is 11.8 Å². The molecule has 0 saturated heterocycles. The molecule has 0 aromatic heterocycles. The molecule has 2 nitrogen and oxygen atoms in total. The van der Waals surface area contributed by atoms with Crippen molar-refractivity contribution in [2.24, 2.45) is 17.8 Å². The second-order valence-electron chi connectivity index (χ2n) is 4.21. The molecule has 0 bridgehead atoms. The van der Waals surface area contributed by atoms with Crippen LogP contribution in [-0.4, -0.2) is 11.1 Å². The van der Waals surface area contributed by atoms with Crippen LogP contribution in [0.5, 0.6) is 0 Å². The fourth-order valence-corrected chi connectivity index (χ4v) is 2.06. The Hall–Kier alpha value is -0.530. The number of aliphatic carboxylic acids is 1. The fourth-order valence-electron chi connectivity index (χ4n) is 2.06. The Morgan fingerprint density at radius 3 is 2.58 bits per heavy atom. The van der Waals surface area contributed by atoms with Crippen LogP contribution in [0.25, 0.3) is 0 Å². The van der Waals surface area contributed by atoms with Gasteiger partial charge in [0.1, 0.15) is 0 Å². The molecule has 70 valence electrons. The molecule has 1 fully saturated rings. The third-order valence-corrected chi connectivity index (χ3v) is 3.01. The number of hydrogen-bond donors (Lipinski definition) is 1. The zero-order valence-corrected chi connectivity index (χ0v) is 7.92. The molecule has 12 heavy (non-hydrogen) atoms. The van der Waals surface area contributed by atoms with Crippen LogP contribution in [0.15, 0.2) is 0 Å². The third kappa shape index (κ3) is 2.23. The van der Waals surface area contributed by atoms with Crippen molar-refractivity contribution in [3.8, 4) is 0 Å². The third-order valence-electron chi connectivity index (χ3n) is 3.01. The highest BCUT2D eigenvalue weighted by atomic mass is 16.4. The summed E-state index contributed by atoms with van der Waals surface area (Å²) in [7, 11) is 0. The summed E-state index contributed by atoms with van der Waals surface area (Å²) in [6.07, 6.45) is 4.10. The number of carboxylic acids is 1. The summed E-state index contributed by atoms with van der Waals surface area (Å²) in [5, 5.41) is 8.84. The van der Waals surface area contributed by atoms with Crippen LogP contribution in [0.4, 0.5) is 0 Å². The van der Waals surface area contributed by atoms with E-state index in [1.807, 2.05) is 0 Å². The maximum absolute atomic E-state index is 10.7. The Morgan fingerprint density at radius 2 is 2.08 bits per heavy atom. The van der Waals surface area contributed by atoms with Crippen molar-refractivity contribution in [3.05, 3.63) is 0 Å². The van der Waals surface area contributed by atoms with Crippen molar-refractivity contribution in [1.29, 1.82) is 0 Å². The molecule has 1 aliphatic carbocycles. The zero-order valence-electron chi connectivity index (χ0n) is 7.92. The standard InChI is InChI=1S/C10H18O2/c1-7(2)8-4-3-5-9(6-8)10(11)12/h7-9H,3-6H2,1-2H3,(H,11,12). The van der Waals surface area contributed by atoms with E-state index in [9.17, 15) is 4.79 Å². The van der Waals surface area contributed by atoms with Gasteiger partial charge in [-0.2, -0.15) is 0 Å². The summed E-state index contributed by atoms with van der Waals surface area (Å²) in [5.74, 6) is 0.624. The first kappa shape index (κ1) is 9.56. The lowest BCUT2D eigenvalue weighted by Gasteiger charge is -2.29. The average molecular weight is 170 g/mol. The largest absolute Gasteiger partial charge is 0.481 e. The highest BCUT2D eigenvalue weighted by Gasteiger charge is 2.28. The number of hydrogen-bond acceptors (Lipinski definition) is 1. The molecule has 1 aliphatic rings. The van der Waals surface area contributed by atoms with E-state index in [1.54, 1.807) is 0 Å². The summed E-state index contributed by atoms with van der Waals surface area (Å²) in [4.78, 5) is 10.7. The lowest BCUT2D eigenvalue weighted by Crippen LogP contribution is -2.25. The summed E-state index contributed by atoms with van der Waals surface area (Å²) < 4.78 is 0. The Kier molecular flexibility index (Phi) is 3.12. The van der Waals surface area contributed by atoms with E-state index in [0.717, 1.165) is 19.3 Å². The van der Waals surface area contributed by atoms with Gasteiger partial charge in [0.15, 0.2) is 0 Å². The molecule has 2 atom stereocenters. The molecule has 0 amide bonds. The van der Waals surface area contributed by atoms with Crippen molar-refractivity contribution in [2.45, 2.75) is 39.5 Å². The van der Waals surface area contributed by atoms with E-state index in [4.69, 9.17) is 5.11 Å². The van der Waals surface area contributed by atoms with Crippen LogP contribution in [0.1, 0.15) is 39.5 Å². The lowest BCUT2D eigenvalue weighted by molar-refractivity contribution is -0.143. The van der Waals surface area contributed by atoms with E-state index < -0.39 is 5.97 Å². The molecule has 0 spiro atoms. The summed E-state index contributed by atoms with van der Waals surface area (Å²) in [6.45, 7) is 4.38. The van der Waals surface area contributed by atoms with E-state index >= 15 is 0 Å². The van der Waals surface area contributed by atoms with Gasteiger partial charge in [0.2, 0.25) is 0 Å². The Bertz CT molecular complexity index is 163. The first-order valence-electron chi connectivity index (χ1n) is 4.84. The molecule has 0 aromatic carbocycles. The highest BCUT2D eigenvalue weighted by Crippen LogP contribution is 2.33. The maximum Gasteiger partial charge on any atom is 0.306 e. The van der Waals surface area contributed by atoms with Gasteiger partial charge in [0, 0.05) is 0 Å². The van der Waals surface area contributed by atoms with E-state index in [-0.39, 0.29) is 5.92 Å². The minimum Gasteiger partial charge on any atom is -0.481 e. The summed E-state index contributed by atoms with van der Waals surface area (Å²) in [5.41, 5.74) is 0. The second kappa shape index (κ2) is 3.92. The molecule has 1 saturated carbocycles. The first-order chi connectivity index (χ1) is 5.61. The molecular weight excluding hydrogens is 152 g/mol. The van der Waals surface area contributed by atoms with Gasteiger partial charge in [-0.3, -0.25) is 4.79 Å². The molecule has 0 heterocycles. The predicted octanol–water partition coefficient (Wildman–Crippen LogP) is 2.53. The monoisotopic (exact) mass is 170 g/mol. The molecule has 0 aromatic rings. The number of carboxylic acid groups (broad SMARTS) is 1. The van der Waals surface area contributed by atoms with Crippen molar-refractivity contribution < 1.29 is 9.90 Å². The predicted molar refractivity (Wildman–Crippen MR) is 47.9 cm³/mol. The molecule has 1 rings (SSSR count). The zero-order chi connectivity index (χ0) is 9.14. The van der Waals surface area contributed by atoms with E-state index in [1.165, 1.54) is 6.42 Å². The van der Waals surface area contributed by atoms with Gasteiger partial charge in [-0.25, -0.2) is 0 Å². The first-order valence-corrected chi connectivity index (χ1v) is 4.84. The van der Waals surface area contributed by atoms with Gasteiger partial charge >= 0.3 is 5.97 Å². The van der Waals surface area contributed by atoms with Crippen molar-refractivity contribution in [2.75, 3.05) is 0 Å². The highest BCUT2D eigenvalue weighted by molar-refractivity contribution is 5.70. The SMILES string of the molecule is CC(C)C1CCCC(C(=O)O)C1. The fraction of sp³-hybridized carbons (Fsp3) is 0.900. The molecule has 2 unspecified atom stereocenters. The minimum absolute atomic E-state index is 0.0638. The smallest absolute Gasteiger partial charge is 0.306 e. The van der Waals surface area contributed by atoms with Gasteiger partial charge in [0.25, 0.3) is 0 Å². The van der Waals surface area contributed by atoms with Crippen LogP contribution < -0.4 is 0 Å². The van der Waals surface area contributed by atoms with Gasteiger partial charge in [-0.05, 0) is 24.7 Å². The van der Waals surface area contributed by atoms with Crippen LogP contribution >= 0.6 is 0 Å². The molecule has 2 heteroatoms. The van der Waals surface area contributed by atoms with Gasteiger partial charge in [-0.1, -0.05) is 26.7 Å². The summed E-state index contributed by atoms with van der Waals surface area (Å²) in [6, 6.07) is 0. The average Bonchev–Trinajstić information content (AvgIpc) is 2.04. The summed E-state index contributed by atoms with van der Waals surface area (Å²) >= 11 is 0. The Morgan fingerprint density at radius 1 is 1.42 bits per heavy atom. The molecule has 1 N–H and O–H groups in total. The van der Waals surface area contributed by atoms with Gasteiger partial charge < -0.3 is 5.11 Å².